The van der Waals surface area contributed by atoms with E-state index in [0.717, 1.165) is 43.3 Å². The van der Waals surface area contributed by atoms with E-state index in [1.54, 1.807) is 12.1 Å². The number of rotatable bonds is 8. The predicted octanol–water partition coefficient (Wildman–Crippen LogP) is 1.77. The molecule has 0 atom stereocenters. The van der Waals surface area contributed by atoms with E-state index in [-0.39, 0.29) is 12.4 Å². The van der Waals surface area contributed by atoms with Gasteiger partial charge in [-0.3, -0.25) is 0 Å². The maximum absolute atomic E-state index is 6.17. The van der Waals surface area contributed by atoms with E-state index < -0.39 is 0 Å². The van der Waals surface area contributed by atoms with Crippen LogP contribution in [0.4, 0.5) is 0 Å². The molecule has 0 fully saturated rings. The van der Waals surface area contributed by atoms with Gasteiger partial charge < -0.3 is 26.9 Å². The third kappa shape index (κ3) is 5.82. The largest absolute Gasteiger partial charge is 1.00 e. The molecule has 0 saturated carbocycles. The Morgan fingerprint density at radius 3 is 2.77 bits per heavy atom. The molecule has 0 bridgehead atoms. The number of nitrogens with one attached hydrogen (secondary N) is 1. The van der Waals surface area contributed by atoms with Gasteiger partial charge in [-0.2, -0.15) is 0 Å². The van der Waals surface area contributed by atoms with E-state index in [1.807, 2.05) is 25.1 Å². The van der Waals surface area contributed by atoms with Crippen LogP contribution in [0.3, 0.4) is 0 Å². The van der Waals surface area contributed by atoms with E-state index in [0.29, 0.717) is 16.6 Å². The van der Waals surface area contributed by atoms with Crippen LogP contribution in [0.15, 0.2) is 34.7 Å². The first-order valence-corrected chi connectivity index (χ1v) is 7.79. The van der Waals surface area contributed by atoms with Crippen molar-refractivity contribution in [1.82, 2.24) is 5.32 Å². The molecule has 1 aromatic carbocycles. The summed E-state index contributed by atoms with van der Waals surface area (Å²) in [5.74, 6) is 1.60. The van der Waals surface area contributed by atoms with Gasteiger partial charge in [0.2, 0.25) is 0 Å². The minimum atomic E-state index is 0. The number of halogens is 3. The van der Waals surface area contributed by atoms with Crippen LogP contribution in [0.1, 0.15) is 19.1 Å². The number of ether oxygens (including phenoxy) is 1. The fourth-order valence-electron chi connectivity index (χ4n) is 1.96. The molecule has 1 aromatic heterocycles. The summed E-state index contributed by atoms with van der Waals surface area (Å²) in [5.41, 5.74) is 0.812. The Kier molecular flexibility index (Phi) is 8.91. The van der Waals surface area contributed by atoms with E-state index in [1.165, 1.54) is 0 Å². The van der Waals surface area contributed by atoms with Crippen LogP contribution < -0.4 is 17.7 Å². The average Bonchev–Trinajstić information content (AvgIpc) is 2.94. The highest BCUT2D eigenvalue weighted by Gasteiger charge is 2.09. The third-order valence-electron chi connectivity index (χ3n) is 3.00. The first-order chi connectivity index (χ1) is 10.2. The Hall–Kier alpha value is -0.710. The first kappa shape index (κ1) is 19.3. The second-order valence-electron chi connectivity index (χ2n) is 4.62. The van der Waals surface area contributed by atoms with Gasteiger partial charge in [-0.15, -0.1) is 0 Å². The van der Waals surface area contributed by atoms with E-state index in [9.17, 15) is 0 Å². The quantitative estimate of drug-likeness (QED) is 0.726. The van der Waals surface area contributed by atoms with Crippen molar-refractivity contribution in [3.05, 3.63) is 46.1 Å². The van der Waals surface area contributed by atoms with Crippen molar-refractivity contribution < 1.29 is 21.6 Å². The molecular weight excluding hydrogens is 345 g/mol. The smallest absolute Gasteiger partial charge is 0.135 e. The van der Waals surface area contributed by atoms with Crippen molar-refractivity contribution in [1.29, 1.82) is 0 Å². The van der Waals surface area contributed by atoms with Gasteiger partial charge in [0, 0.05) is 23.8 Å². The van der Waals surface area contributed by atoms with Crippen molar-refractivity contribution in [2.24, 2.45) is 0 Å². The lowest BCUT2D eigenvalue weighted by molar-refractivity contribution is -0.00000555. The topological polar surface area (TPSA) is 34.4 Å². The molecule has 1 heterocycles. The summed E-state index contributed by atoms with van der Waals surface area (Å²) in [5, 5.41) is 4.59. The molecule has 6 heteroatoms. The molecule has 0 saturated heterocycles. The summed E-state index contributed by atoms with van der Waals surface area (Å²) in [6.07, 6.45) is 0.988. The molecule has 0 aliphatic rings. The van der Waals surface area contributed by atoms with Crippen molar-refractivity contribution in [3.8, 4) is 11.3 Å². The van der Waals surface area contributed by atoms with E-state index in [4.69, 9.17) is 32.4 Å². The van der Waals surface area contributed by atoms with Gasteiger partial charge in [0.15, 0.2) is 0 Å². The van der Waals surface area contributed by atoms with Crippen LogP contribution in [0.2, 0.25) is 10.0 Å². The summed E-state index contributed by atoms with van der Waals surface area (Å²) in [7, 11) is 0. The molecule has 0 spiro atoms. The molecule has 2 aromatic rings. The minimum Gasteiger partial charge on any atom is -1.00 e. The molecule has 0 unspecified atom stereocenters. The summed E-state index contributed by atoms with van der Waals surface area (Å²) in [4.78, 5) is 0. The summed E-state index contributed by atoms with van der Waals surface area (Å²) < 4.78 is 11.1. The van der Waals surface area contributed by atoms with Crippen LogP contribution in [0.25, 0.3) is 11.3 Å². The summed E-state index contributed by atoms with van der Waals surface area (Å²) in [6, 6.07) is 9.20. The molecule has 22 heavy (non-hydrogen) atoms. The first-order valence-electron chi connectivity index (χ1n) is 7.03. The molecule has 0 aliphatic carbocycles. The standard InChI is InChI=1S/C16H19Cl2NO2.ClH/c1-2-20-9-3-8-19-11-13-5-7-16(21-13)14-10-12(17)4-6-15(14)18;/h4-7,10,19H,2-3,8-9,11H2,1H3;1H/p-1. The van der Waals surface area contributed by atoms with Crippen LogP contribution in [-0.4, -0.2) is 19.8 Å². The highest BCUT2D eigenvalue weighted by Crippen LogP contribution is 2.31. The third-order valence-corrected chi connectivity index (χ3v) is 3.57. The van der Waals surface area contributed by atoms with Gasteiger partial charge in [0.25, 0.3) is 0 Å². The zero-order valence-electron chi connectivity index (χ0n) is 12.4. The van der Waals surface area contributed by atoms with E-state index in [2.05, 4.69) is 5.32 Å². The van der Waals surface area contributed by atoms with Gasteiger partial charge in [0.05, 0.1) is 11.6 Å². The highest BCUT2D eigenvalue weighted by molar-refractivity contribution is 6.35. The highest BCUT2D eigenvalue weighted by atomic mass is 35.5. The Morgan fingerprint density at radius 2 is 2.00 bits per heavy atom. The molecule has 0 radical (unpaired) electrons. The molecule has 0 aliphatic heterocycles. The van der Waals surface area contributed by atoms with Gasteiger partial charge in [-0.1, -0.05) is 23.2 Å². The van der Waals surface area contributed by atoms with Crippen molar-refractivity contribution in [2.45, 2.75) is 19.9 Å². The van der Waals surface area contributed by atoms with Crippen LogP contribution >= 0.6 is 23.2 Å². The van der Waals surface area contributed by atoms with E-state index >= 15 is 0 Å². The molecule has 2 rings (SSSR count). The fourth-order valence-corrected chi connectivity index (χ4v) is 2.34. The summed E-state index contributed by atoms with van der Waals surface area (Å²) >= 11 is 12.2. The zero-order chi connectivity index (χ0) is 15.1. The Labute approximate surface area is 147 Å². The Balaban J connectivity index is 0.00000242. The monoisotopic (exact) mass is 362 g/mol. The zero-order valence-corrected chi connectivity index (χ0v) is 14.6. The van der Waals surface area contributed by atoms with Crippen molar-refractivity contribution in [3.63, 3.8) is 0 Å². The molecular formula is C16H19Cl3NO2-. The minimum absolute atomic E-state index is 0. The lowest BCUT2D eigenvalue weighted by Gasteiger charge is -2.04. The lowest BCUT2D eigenvalue weighted by atomic mass is 10.2. The Morgan fingerprint density at radius 1 is 1.18 bits per heavy atom. The van der Waals surface area contributed by atoms with Gasteiger partial charge in [-0.25, -0.2) is 0 Å². The van der Waals surface area contributed by atoms with Gasteiger partial charge in [-0.05, 0) is 50.2 Å². The molecule has 0 amide bonds. The molecule has 3 nitrogen and oxygen atoms in total. The predicted molar refractivity (Wildman–Crippen MR) is 87.0 cm³/mol. The maximum atomic E-state index is 6.17. The van der Waals surface area contributed by atoms with Crippen LogP contribution in [0, 0.1) is 0 Å². The molecule has 122 valence electrons. The van der Waals surface area contributed by atoms with Crippen LogP contribution in [0.5, 0.6) is 0 Å². The van der Waals surface area contributed by atoms with Crippen LogP contribution in [-0.2, 0) is 11.3 Å². The normalized spacial score (nSPS) is 10.5. The summed E-state index contributed by atoms with van der Waals surface area (Å²) in [6.45, 7) is 5.13. The second kappa shape index (κ2) is 10.1. The molecule has 1 N–H and O–H groups in total. The fraction of sp³-hybridized carbons (Fsp3) is 0.375. The number of benzene rings is 1. The number of hydrogen-bond acceptors (Lipinski definition) is 3. The Bertz CT molecular complexity index is 572. The van der Waals surface area contributed by atoms with Crippen molar-refractivity contribution in [2.75, 3.05) is 19.8 Å². The second-order valence-corrected chi connectivity index (χ2v) is 5.46. The average molecular weight is 364 g/mol. The maximum Gasteiger partial charge on any atom is 0.135 e. The SMILES string of the molecule is CCOCCCNCc1ccc(-c2cc(Cl)ccc2Cl)o1.[Cl-]. The lowest BCUT2D eigenvalue weighted by Crippen LogP contribution is -3.00. The number of hydrogen-bond donors (Lipinski definition) is 1. The number of furan rings is 1. The van der Waals surface area contributed by atoms with Crippen molar-refractivity contribution >= 4 is 23.2 Å². The van der Waals surface area contributed by atoms with Gasteiger partial charge >= 0.3 is 0 Å². The van der Waals surface area contributed by atoms with Gasteiger partial charge in [0.1, 0.15) is 11.5 Å².